The molecule has 0 saturated heterocycles. The quantitative estimate of drug-likeness (QED) is 0.739. The third kappa shape index (κ3) is 5.63. The predicted molar refractivity (Wildman–Crippen MR) is 91.5 cm³/mol. The van der Waals surface area contributed by atoms with Crippen LogP contribution in [0.3, 0.4) is 0 Å². The van der Waals surface area contributed by atoms with Gasteiger partial charge < -0.3 is 19.3 Å². The van der Waals surface area contributed by atoms with Crippen molar-refractivity contribution in [3.05, 3.63) is 41.3 Å². The van der Waals surface area contributed by atoms with Crippen LogP contribution in [0.4, 0.5) is 5.69 Å². The summed E-state index contributed by atoms with van der Waals surface area (Å²) in [4.78, 5) is 23.4. The molecule has 0 aliphatic carbocycles. The molecule has 134 valence electrons. The van der Waals surface area contributed by atoms with Gasteiger partial charge in [0.15, 0.2) is 6.61 Å². The van der Waals surface area contributed by atoms with Gasteiger partial charge in [-0.2, -0.15) is 0 Å². The lowest BCUT2D eigenvalue weighted by Gasteiger charge is -2.09. The van der Waals surface area contributed by atoms with E-state index in [2.05, 4.69) is 10.5 Å². The SMILES string of the molecule is CCOC(=O)COc1cccc(NC(=O)CCc2c(C)noc2C)c1. The van der Waals surface area contributed by atoms with Gasteiger partial charge in [0.05, 0.1) is 12.3 Å². The van der Waals surface area contributed by atoms with Crippen LogP contribution in [0.25, 0.3) is 0 Å². The summed E-state index contributed by atoms with van der Waals surface area (Å²) in [6.07, 6.45) is 0.878. The largest absolute Gasteiger partial charge is 0.482 e. The average molecular weight is 346 g/mol. The Morgan fingerprint density at radius 3 is 2.76 bits per heavy atom. The minimum absolute atomic E-state index is 0.123. The zero-order valence-corrected chi connectivity index (χ0v) is 14.6. The van der Waals surface area contributed by atoms with E-state index in [-0.39, 0.29) is 12.5 Å². The van der Waals surface area contributed by atoms with Crippen molar-refractivity contribution >= 4 is 17.6 Å². The number of aryl methyl sites for hydroxylation is 2. The second-order valence-corrected chi connectivity index (χ2v) is 5.47. The van der Waals surface area contributed by atoms with Gasteiger partial charge in [-0.25, -0.2) is 4.79 Å². The highest BCUT2D eigenvalue weighted by molar-refractivity contribution is 5.91. The van der Waals surface area contributed by atoms with Crippen molar-refractivity contribution in [3.63, 3.8) is 0 Å². The molecule has 1 heterocycles. The number of esters is 1. The standard InChI is InChI=1S/C18H22N2O5/c1-4-23-18(22)11-24-15-7-5-6-14(10-15)19-17(21)9-8-16-12(2)20-25-13(16)3/h5-7,10H,4,8-9,11H2,1-3H3,(H,19,21). The van der Waals surface area contributed by atoms with Gasteiger partial charge in [-0.1, -0.05) is 11.2 Å². The third-order valence-corrected chi connectivity index (χ3v) is 3.56. The molecule has 0 unspecified atom stereocenters. The van der Waals surface area contributed by atoms with Crippen LogP contribution in [0.5, 0.6) is 5.75 Å². The lowest BCUT2D eigenvalue weighted by molar-refractivity contribution is -0.145. The van der Waals surface area contributed by atoms with Crippen LogP contribution in [0.1, 0.15) is 30.4 Å². The smallest absolute Gasteiger partial charge is 0.344 e. The maximum absolute atomic E-state index is 12.1. The summed E-state index contributed by atoms with van der Waals surface area (Å²) < 4.78 is 15.2. The number of ether oxygens (including phenoxy) is 2. The monoisotopic (exact) mass is 346 g/mol. The minimum Gasteiger partial charge on any atom is -0.482 e. The number of rotatable bonds is 8. The molecule has 1 aromatic carbocycles. The van der Waals surface area contributed by atoms with E-state index in [9.17, 15) is 9.59 Å². The summed E-state index contributed by atoms with van der Waals surface area (Å²) in [7, 11) is 0. The Kier molecular flexibility index (Phi) is 6.56. The van der Waals surface area contributed by atoms with Crippen LogP contribution in [0.2, 0.25) is 0 Å². The van der Waals surface area contributed by atoms with Crippen LogP contribution >= 0.6 is 0 Å². The molecule has 0 radical (unpaired) electrons. The molecule has 2 aromatic rings. The molecular weight excluding hydrogens is 324 g/mol. The highest BCUT2D eigenvalue weighted by Gasteiger charge is 2.11. The molecule has 0 atom stereocenters. The van der Waals surface area contributed by atoms with E-state index in [1.807, 2.05) is 13.8 Å². The second kappa shape index (κ2) is 8.86. The van der Waals surface area contributed by atoms with E-state index in [1.165, 1.54) is 0 Å². The molecule has 1 N–H and O–H groups in total. The van der Waals surface area contributed by atoms with Crippen LogP contribution < -0.4 is 10.1 Å². The Morgan fingerprint density at radius 2 is 2.08 bits per heavy atom. The van der Waals surface area contributed by atoms with Crippen molar-refractivity contribution < 1.29 is 23.6 Å². The summed E-state index contributed by atoms with van der Waals surface area (Å²) in [5.74, 6) is 0.662. The second-order valence-electron chi connectivity index (χ2n) is 5.47. The van der Waals surface area contributed by atoms with Crippen LogP contribution in [-0.4, -0.2) is 30.2 Å². The number of carbonyl (C=O) groups is 2. The predicted octanol–water partition coefficient (Wildman–Crippen LogP) is 2.80. The van der Waals surface area contributed by atoms with E-state index >= 15 is 0 Å². The number of amides is 1. The number of hydrogen-bond donors (Lipinski definition) is 1. The number of anilines is 1. The fraction of sp³-hybridized carbons (Fsp3) is 0.389. The lowest BCUT2D eigenvalue weighted by atomic mass is 10.1. The summed E-state index contributed by atoms with van der Waals surface area (Å²) in [5.41, 5.74) is 2.37. The molecule has 0 bridgehead atoms. The molecule has 0 saturated carbocycles. The van der Waals surface area contributed by atoms with Crippen molar-refractivity contribution in [2.45, 2.75) is 33.6 Å². The first-order valence-electron chi connectivity index (χ1n) is 8.09. The van der Waals surface area contributed by atoms with Gasteiger partial charge in [0.2, 0.25) is 5.91 Å². The maximum atomic E-state index is 12.1. The average Bonchev–Trinajstić information content (AvgIpc) is 2.90. The molecule has 0 spiro atoms. The molecule has 0 aliphatic rings. The summed E-state index contributed by atoms with van der Waals surface area (Å²) in [6.45, 7) is 5.56. The third-order valence-electron chi connectivity index (χ3n) is 3.56. The van der Waals surface area contributed by atoms with Gasteiger partial charge in [-0.05, 0) is 39.3 Å². The van der Waals surface area contributed by atoms with E-state index in [0.29, 0.717) is 30.9 Å². The maximum Gasteiger partial charge on any atom is 0.344 e. The van der Waals surface area contributed by atoms with Crippen molar-refractivity contribution in [1.29, 1.82) is 0 Å². The first-order chi connectivity index (χ1) is 12.0. The van der Waals surface area contributed by atoms with E-state index in [4.69, 9.17) is 14.0 Å². The van der Waals surface area contributed by atoms with Crippen molar-refractivity contribution in [2.24, 2.45) is 0 Å². The molecule has 7 heteroatoms. The topological polar surface area (TPSA) is 90.7 Å². The number of benzene rings is 1. The Hall–Kier alpha value is -2.83. The number of nitrogens with zero attached hydrogens (tertiary/aromatic N) is 1. The summed E-state index contributed by atoms with van der Waals surface area (Å²) >= 11 is 0. The molecule has 25 heavy (non-hydrogen) atoms. The molecule has 0 fully saturated rings. The van der Waals surface area contributed by atoms with Crippen molar-refractivity contribution in [1.82, 2.24) is 5.16 Å². The Morgan fingerprint density at radius 1 is 1.28 bits per heavy atom. The summed E-state index contributed by atoms with van der Waals surface area (Å²) in [5, 5.41) is 6.69. The molecule has 1 aromatic heterocycles. The van der Waals surface area contributed by atoms with Crippen LogP contribution in [0.15, 0.2) is 28.8 Å². The van der Waals surface area contributed by atoms with Gasteiger partial charge >= 0.3 is 5.97 Å². The first-order valence-corrected chi connectivity index (χ1v) is 8.09. The van der Waals surface area contributed by atoms with Crippen molar-refractivity contribution in [2.75, 3.05) is 18.5 Å². The van der Waals surface area contributed by atoms with Gasteiger partial charge in [0, 0.05) is 23.7 Å². The van der Waals surface area contributed by atoms with Gasteiger partial charge in [-0.15, -0.1) is 0 Å². The van der Waals surface area contributed by atoms with E-state index in [0.717, 1.165) is 17.0 Å². The van der Waals surface area contributed by atoms with Crippen molar-refractivity contribution in [3.8, 4) is 5.75 Å². The highest BCUT2D eigenvalue weighted by Crippen LogP contribution is 2.19. The number of carbonyl (C=O) groups excluding carboxylic acids is 2. The van der Waals surface area contributed by atoms with Gasteiger partial charge in [0.1, 0.15) is 11.5 Å². The Balaban J connectivity index is 1.86. The molecular formula is C18H22N2O5. The normalized spacial score (nSPS) is 10.4. The first kappa shape index (κ1) is 18.5. The Labute approximate surface area is 146 Å². The molecule has 7 nitrogen and oxygen atoms in total. The number of aromatic nitrogens is 1. The summed E-state index contributed by atoms with van der Waals surface area (Å²) in [6, 6.07) is 6.86. The van der Waals surface area contributed by atoms with Gasteiger partial charge in [0.25, 0.3) is 0 Å². The fourth-order valence-corrected chi connectivity index (χ4v) is 2.33. The Bertz CT molecular complexity index is 719. The number of hydrogen-bond acceptors (Lipinski definition) is 6. The van der Waals surface area contributed by atoms with Gasteiger partial charge in [-0.3, -0.25) is 4.79 Å². The lowest BCUT2D eigenvalue weighted by Crippen LogP contribution is -2.15. The van der Waals surface area contributed by atoms with E-state index < -0.39 is 5.97 Å². The zero-order valence-electron chi connectivity index (χ0n) is 14.6. The van der Waals surface area contributed by atoms with Crippen LogP contribution in [-0.2, 0) is 20.7 Å². The highest BCUT2D eigenvalue weighted by atomic mass is 16.6. The number of nitrogens with one attached hydrogen (secondary N) is 1. The molecule has 2 rings (SSSR count). The fourth-order valence-electron chi connectivity index (χ4n) is 2.33. The molecule has 0 aliphatic heterocycles. The minimum atomic E-state index is -0.434. The molecule has 1 amide bonds. The van der Waals surface area contributed by atoms with Crippen LogP contribution in [0, 0.1) is 13.8 Å². The van der Waals surface area contributed by atoms with E-state index in [1.54, 1.807) is 31.2 Å². The zero-order chi connectivity index (χ0) is 18.2.